The van der Waals surface area contributed by atoms with Gasteiger partial charge in [-0.05, 0) is 176 Å². The normalized spacial score (nSPS) is 23.9. The van der Waals surface area contributed by atoms with Crippen molar-refractivity contribution in [2.24, 2.45) is 0 Å². The Labute approximate surface area is 352 Å². The van der Waals surface area contributed by atoms with E-state index in [-0.39, 0.29) is 10.8 Å². The Morgan fingerprint density at radius 1 is 0.377 bits per heavy atom. The van der Waals surface area contributed by atoms with Crippen molar-refractivity contribution in [1.29, 1.82) is 0 Å². The quantitative estimate of drug-likeness (QED) is 0.0934. The molecule has 4 unspecified atom stereocenters. The number of benzene rings is 9. The van der Waals surface area contributed by atoms with Crippen LogP contribution >= 0.6 is 0 Å². The number of anilines is 1. The lowest BCUT2D eigenvalue weighted by Gasteiger charge is -2.53. The number of unbranched alkanes of at least 4 members (excludes halogenated alkanes) is 6. The molecule has 1 fully saturated rings. The van der Waals surface area contributed by atoms with E-state index in [1.54, 1.807) is 119 Å². The molecule has 4 atom stereocenters. The van der Waals surface area contributed by atoms with Crippen molar-refractivity contribution in [2.45, 2.75) is 101 Å². The molecule has 18 rings (SSSR count). The average molecular weight is 778 g/mol. The first-order chi connectivity index (χ1) is 30.3. The van der Waals surface area contributed by atoms with Crippen LogP contribution in [0.2, 0.25) is 0 Å². The molecule has 0 aromatic heterocycles. The van der Waals surface area contributed by atoms with Gasteiger partial charge in [-0.1, -0.05) is 144 Å². The summed E-state index contributed by atoms with van der Waals surface area (Å²) >= 11 is 0. The molecule has 1 aliphatic heterocycles. The lowest BCUT2D eigenvalue weighted by molar-refractivity contribution is 0.345. The van der Waals surface area contributed by atoms with Gasteiger partial charge in [-0.25, -0.2) is 0 Å². The highest BCUT2D eigenvalue weighted by molar-refractivity contribution is 6.64. The summed E-state index contributed by atoms with van der Waals surface area (Å²) in [5.74, 6) is 0. The van der Waals surface area contributed by atoms with Crippen LogP contribution in [0.25, 0.3) is 130 Å². The molecule has 4 aliphatic carbocycles. The van der Waals surface area contributed by atoms with Crippen molar-refractivity contribution in [1.82, 2.24) is 0 Å². The van der Waals surface area contributed by atoms with Gasteiger partial charge in [-0.3, -0.25) is 0 Å². The molecule has 1 heterocycles. The molecule has 0 radical (unpaired) electrons. The van der Waals surface area contributed by atoms with Crippen LogP contribution in [0.4, 0.5) is 5.69 Å². The van der Waals surface area contributed by atoms with Crippen LogP contribution in [0.1, 0.15) is 89.2 Å². The van der Waals surface area contributed by atoms with E-state index in [1.807, 2.05) is 0 Å². The van der Waals surface area contributed by atoms with Gasteiger partial charge < -0.3 is 4.90 Å². The molecule has 1 saturated heterocycles. The van der Waals surface area contributed by atoms with Crippen LogP contribution in [0.5, 0.6) is 0 Å². The maximum atomic E-state index is 3.12. The third-order valence-electron chi connectivity index (χ3n) is 18.8. The molecule has 13 aromatic rings. The number of allylic oxidation sites excluding steroid dienone is 2. The number of para-hydroxylation sites is 1. The van der Waals surface area contributed by atoms with Gasteiger partial charge in [0, 0.05) is 17.8 Å². The number of hydrogen-bond acceptors (Lipinski definition) is 1. The van der Waals surface area contributed by atoms with Gasteiger partial charge in [0.2, 0.25) is 0 Å². The van der Waals surface area contributed by atoms with Crippen LogP contribution in [-0.2, 0) is 10.8 Å². The van der Waals surface area contributed by atoms with Gasteiger partial charge in [-0.2, -0.15) is 0 Å². The molecule has 0 bridgehead atoms. The van der Waals surface area contributed by atoms with Crippen molar-refractivity contribution in [3.63, 3.8) is 0 Å². The second-order valence-electron chi connectivity index (χ2n) is 20.6. The summed E-state index contributed by atoms with van der Waals surface area (Å²) in [6.07, 6.45) is 18.2. The summed E-state index contributed by atoms with van der Waals surface area (Å²) in [6.45, 7) is 4.76. The first-order valence-electron chi connectivity index (χ1n) is 24.0. The lowest BCUT2D eigenvalue weighted by Crippen LogP contribution is -2.56. The van der Waals surface area contributed by atoms with Crippen LogP contribution in [-0.4, -0.2) is 12.1 Å². The Hall–Kier alpha value is -5.92. The van der Waals surface area contributed by atoms with Gasteiger partial charge in [0.05, 0.1) is 10.8 Å². The Morgan fingerprint density at radius 2 is 0.754 bits per heavy atom. The average Bonchev–Trinajstić information content (AvgIpc) is 4.14. The zero-order valence-corrected chi connectivity index (χ0v) is 34.8. The minimum Gasteiger partial charge on any atom is -0.363 e. The third-order valence-corrected chi connectivity index (χ3v) is 18.8. The molecule has 13 aromatic carbocycles. The maximum Gasteiger partial charge on any atom is 0.0582 e. The summed E-state index contributed by atoms with van der Waals surface area (Å²) in [5, 5.41) is 37.6. The van der Waals surface area contributed by atoms with Gasteiger partial charge in [0.25, 0.3) is 0 Å². The molecule has 0 saturated carbocycles. The van der Waals surface area contributed by atoms with E-state index in [9.17, 15) is 0 Å². The van der Waals surface area contributed by atoms with E-state index in [1.165, 1.54) is 102 Å². The van der Waals surface area contributed by atoms with E-state index >= 15 is 0 Å². The first kappa shape index (κ1) is 31.0. The molecular weight excluding hydrogens is 735 g/mol. The van der Waals surface area contributed by atoms with Gasteiger partial charge in [0.15, 0.2) is 0 Å². The molecular formula is C60H43N. The van der Waals surface area contributed by atoms with Crippen LogP contribution < -0.4 is 15.3 Å². The summed E-state index contributed by atoms with van der Waals surface area (Å²) in [4.78, 5) is 3.12. The van der Waals surface area contributed by atoms with Gasteiger partial charge >= 0.3 is 0 Å². The maximum absolute atomic E-state index is 3.12. The van der Waals surface area contributed by atoms with Crippen LogP contribution in [0.3, 0.4) is 0 Å². The first-order valence-corrected chi connectivity index (χ1v) is 24.0. The Balaban J connectivity index is 1.17. The minimum absolute atomic E-state index is 0.199. The monoisotopic (exact) mass is 777 g/mol. The highest BCUT2D eigenvalue weighted by atomic mass is 15.3. The predicted octanol–water partition coefficient (Wildman–Crippen LogP) is 14.5. The predicted molar refractivity (Wildman–Crippen MR) is 261 cm³/mol. The van der Waals surface area contributed by atoms with Crippen molar-refractivity contribution in [3.8, 4) is 0 Å². The van der Waals surface area contributed by atoms with Crippen LogP contribution in [0.15, 0.2) is 91.0 Å². The highest BCUT2D eigenvalue weighted by Gasteiger charge is 2.77. The van der Waals surface area contributed by atoms with Crippen LogP contribution in [0, 0.1) is 0 Å². The number of fused-ring (bicyclic) bond motifs is 3. The zero-order valence-electron chi connectivity index (χ0n) is 34.8. The Morgan fingerprint density at radius 3 is 1.18 bits per heavy atom. The summed E-state index contributed by atoms with van der Waals surface area (Å²) < 4.78 is 0. The highest BCUT2D eigenvalue weighted by Crippen LogP contribution is 2.78. The molecule has 2 spiro atoms. The fraction of sp³-hybridized carbons (Fsp3) is 0.267. The molecule has 1 nitrogen and oxygen atoms in total. The second kappa shape index (κ2) is 9.44. The van der Waals surface area contributed by atoms with Crippen molar-refractivity contribution >= 4 is 135 Å². The Bertz CT molecular complexity index is 4010. The molecule has 288 valence electrons. The molecule has 61 heavy (non-hydrogen) atoms. The van der Waals surface area contributed by atoms with E-state index in [2.05, 4.69) is 110 Å². The fourth-order valence-electron chi connectivity index (χ4n) is 17.5. The second-order valence-corrected chi connectivity index (χ2v) is 20.6. The van der Waals surface area contributed by atoms with Gasteiger partial charge in [-0.15, -0.1) is 0 Å². The largest absolute Gasteiger partial charge is 0.363 e. The molecule has 5 aliphatic rings. The van der Waals surface area contributed by atoms with Gasteiger partial charge in [0.1, 0.15) is 0 Å². The summed E-state index contributed by atoms with van der Waals surface area (Å²) in [5.41, 5.74) is 7.82. The van der Waals surface area contributed by atoms with Crippen molar-refractivity contribution in [3.05, 3.63) is 113 Å². The summed E-state index contributed by atoms with van der Waals surface area (Å²) in [7, 11) is 0. The van der Waals surface area contributed by atoms with E-state index < -0.39 is 0 Å². The topological polar surface area (TPSA) is 3.24 Å². The smallest absolute Gasteiger partial charge is 0.0582 e. The van der Waals surface area contributed by atoms with Crippen molar-refractivity contribution in [2.75, 3.05) is 4.90 Å². The summed E-state index contributed by atoms with van der Waals surface area (Å²) in [6, 6.07) is 33.0. The van der Waals surface area contributed by atoms with E-state index in [4.69, 9.17) is 0 Å². The molecule has 1 heteroatoms. The minimum atomic E-state index is -0.199. The number of rotatable bonds is 11. The third kappa shape index (κ3) is 2.63. The Kier molecular flexibility index (Phi) is 4.80. The number of hydrogen-bond donors (Lipinski definition) is 0. The number of nitrogens with zero attached hydrogens (tertiary/aromatic N) is 1. The zero-order chi connectivity index (χ0) is 39.2. The molecule has 0 amide bonds. The van der Waals surface area contributed by atoms with Crippen molar-refractivity contribution < 1.29 is 0 Å². The lowest BCUT2D eigenvalue weighted by atomic mass is 9.45. The SMILES string of the molecule is CCCCCCC1N(c2ccccc2)C(CCCCCC)C23C4=c5ccc6c7ccc8c9ccc%10c%11ccc%12c%13c(c%14c%15c2c5c6c2c7c8c5c9c%10c(c%13%11)c%14c5c%152)C13C=%12C=C4. The fourth-order valence-corrected chi connectivity index (χ4v) is 17.5. The van der Waals surface area contributed by atoms with E-state index in [0.717, 1.165) is 0 Å². The van der Waals surface area contributed by atoms with E-state index in [0.29, 0.717) is 12.1 Å². The standard InChI is InChI=1S/C60H43N/c1-3-5-7-12-16-39-59-37-26-27-38-36-25-23-34-32-21-19-30-29-18-20-31-33-22-24-35(37)47-45(33)50-43(31)41(29)49-42(30)44(32)51-46(34)48(36)58(56-54(51)52(49)53(50)55(56)57(47)59)60(38,59)40(17-13-8-6-4-2)61(39)28-14-10-9-11-15-28/h9-11,14-15,18-27,39-40H,3-8,12-13,16-17H2,1-2H3. The molecule has 0 N–H and O–H groups in total.